The van der Waals surface area contributed by atoms with E-state index in [0.717, 1.165) is 50.6 Å². The molecular weight excluding hydrogens is 897 g/mol. The number of rotatable bonds is 9. The first-order valence-corrected chi connectivity index (χ1v) is 25.2. The van der Waals surface area contributed by atoms with Crippen molar-refractivity contribution in [3.8, 4) is 89.8 Å². The van der Waals surface area contributed by atoms with Gasteiger partial charge in [-0.2, -0.15) is 0 Å². The van der Waals surface area contributed by atoms with Crippen molar-refractivity contribution in [3.63, 3.8) is 0 Å². The van der Waals surface area contributed by atoms with Crippen molar-refractivity contribution >= 4 is 43.4 Å². The van der Waals surface area contributed by atoms with Gasteiger partial charge >= 0.3 is 0 Å². The van der Waals surface area contributed by atoms with Crippen LogP contribution in [0.1, 0.15) is 0 Å². The van der Waals surface area contributed by atoms with Crippen LogP contribution < -0.4 is 0 Å². The number of hydrogen-bond acceptors (Lipinski definition) is 2. The zero-order valence-electron chi connectivity index (χ0n) is 40.3. The molecule has 2 aromatic heterocycles. The van der Waals surface area contributed by atoms with Gasteiger partial charge in [-0.3, -0.25) is 0 Å². The molecule has 0 fully saturated rings. The SMILES string of the molecule is c1ccc(-n2c3ccccc3c3cc(-c4ccccc4-c4ccccc4-c4ccc(-n5nc(-c6ccc(-c7ccc8ccccc8c7)cc6)nc5-c5ccc(-c6ccc7ccccc7c6)cc5)cc4)ccc32)cc1. The number of nitrogens with zero attached hydrogens (tertiary/aromatic N) is 4. The van der Waals surface area contributed by atoms with Gasteiger partial charge in [0.2, 0.25) is 0 Å². The highest BCUT2D eigenvalue weighted by atomic mass is 15.4. The van der Waals surface area contributed by atoms with E-state index < -0.39 is 0 Å². The molecule has 0 bridgehead atoms. The first kappa shape index (κ1) is 42.9. The number of fused-ring (bicyclic) bond motifs is 5. The summed E-state index contributed by atoms with van der Waals surface area (Å²) in [6, 6.07) is 100. The van der Waals surface area contributed by atoms with Crippen LogP contribution in [0.5, 0.6) is 0 Å². The maximum Gasteiger partial charge on any atom is 0.182 e. The summed E-state index contributed by atoms with van der Waals surface area (Å²) in [5.74, 6) is 1.44. The Balaban J connectivity index is 0.828. The van der Waals surface area contributed by atoms with Crippen molar-refractivity contribution in [1.29, 1.82) is 0 Å². The molecule has 0 unspecified atom stereocenters. The molecule has 2 heterocycles. The summed E-state index contributed by atoms with van der Waals surface area (Å²) in [5.41, 5.74) is 18.0. The van der Waals surface area contributed by atoms with Crippen molar-refractivity contribution in [2.24, 2.45) is 0 Å². The molecule has 14 rings (SSSR count). The van der Waals surface area contributed by atoms with E-state index in [1.54, 1.807) is 0 Å². The second kappa shape index (κ2) is 18.1. The summed E-state index contributed by atoms with van der Waals surface area (Å²) in [4.78, 5) is 5.29. The summed E-state index contributed by atoms with van der Waals surface area (Å²) in [6.45, 7) is 0. The molecule has 0 N–H and O–H groups in total. The Kier molecular flexibility index (Phi) is 10.5. The first-order chi connectivity index (χ1) is 36.7. The number of para-hydroxylation sites is 2. The summed E-state index contributed by atoms with van der Waals surface area (Å²) in [6.07, 6.45) is 0. The maximum atomic E-state index is 5.29. The first-order valence-electron chi connectivity index (χ1n) is 25.2. The minimum Gasteiger partial charge on any atom is -0.309 e. The van der Waals surface area contributed by atoms with Crippen LogP contribution in [-0.2, 0) is 0 Å². The molecule has 4 heteroatoms. The second-order valence-corrected chi connectivity index (χ2v) is 19.0. The minimum atomic E-state index is 0.664. The predicted octanol–water partition coefficient (Wildman–Crippen LogP) is 18.3. The van der Waals surface area contributed by atoms with Crippen molar-refractivity contribution in [2.45, 2.75) is 0 Å². The molecule has 0 saturated heterocycles. The average molecular weight is 943 g/mol. The highest BCUT2D eigenvalue weighted by Crippen LogP contribution is 2.41. The Morgan fingerprint density at radius 3 is 1.35 bits per heavy atom. The van der Waals surface area contributed by atoms with Gasteiger partial charge in [-0.05, 0) is 132 Å². The van der Waals surface area contributed by atoms with Gasteiger partial charge in [-0.1, -0.05) is 224 Å². The molecule has 0 radical (unpaired) electrons. The fourth-order valence-electron chi connectivity index (χ4n) is 10.9. The van der Waals surface area contributed by atoms with Crippen molar-refractivity contribution < 1.29 is 0 Å². The van der Waals surface area contributed by atoms with Gasteiger partial charge in [0, 0.05) is 27.6 Å². The molecule has 0 atom stereocenters. The van der Waals surface area contributed by atoms with Crippen LogP contribution in [-0.4, -0.2) is 19.3 Å². The molecule has 0 amide bonds. The maximum absolute atomic E-state index is 5.29. The van der Waals surface area contributed by atoms with Crippen molar-refractivity contribution in [2.75, 3.05) is 0 Å². The second-order valence-electron chi connectivity index (χ2n) is 19.0. The van der Waals surface area contributed by atoms with Crippen LogP contribution in [0.15, 0.2) is 279 Å². The highest BCUT2D eigenvalue weighted by molar-refractivity contribution is 6.11. The quantitative estimate of drug-likeness (QED) is 0.145. The molecule has 0 aliphatic rings. The number of aromatic nitrogens is 4. The van der Waals surface area contributed by atoms with Crippen molar-refractivity contribution in [1.82, 2.24) is 19.3 Å². The number of hydrogen-bond donors (Lipinski definition) is 0. The third-order valence-corrected chi connectivity index (χ3v) is 14.6. The molecule has 0 aliphatic carbocycles. The Bertz CT molecular complexity index is 4390. The fraction of sp³-hybridized carbons (Fsp3) is 0. The lowest BCUT2D eigenvalue weighted by Gasteiger charge is -2.15. The van der Waals surface area contributed by atoms with E-state index in [1.165, 1.54) is 76.7 Å². The van der Waals surface area contributed by atoms with E-state index in [-0.39, 0.29) is 0 Å². The Labute approximate surface area is 429 Å². The molecule has 0 spiro atoms. The minimum absolute atomic E-state index is 0.664. The van der Waals surface area contributed by atoms with Gasteiger partial charge < -0.3 is 4.57 Å². The third-order valence-electron chi connectivity index (χ3n) is 14.6. The molecule has 4 nitrogen and oxygen atoms in total. The highest BCUT2D eigenvalue weighted by Gasteiger charge is 2.19. The van der Waals surface area contributed by atoms with E-state index in [0.29, 0.717) is 5.82 Å². The van der Waals surface area contributed by atoms with Crippen LogP contribution in [0.2, 0.25) is 0 Å². The van der Waals surface area contributed by atoms with E-state index in [9.17, 15) is 0 Å². The van der Waals surface area contributed by atoms with Gasteiger partial charge in [-0.15, -0.1) is 5.10 Å². The largest absolute Gasteiger partial charge is 0.309 e. The van der Waals surface area contributed by atoms with Gasteiger partial charge in [0.15, 0.2) is 11.6 Å². The molecular formula is C70H46N4. The monoisotopic (exact) mass is 942 g/mol. The molecule has 74 heavy (non-hydrogen) atoms. The van der Waals surface area contributed by atoms with Gasteiger partial charge in [0.25, 0.3) is 0 Å². The van der Waals surface area contributed by atoms with Gasteiger partial charge in [0.05, 0.1) is 16.7 Å². The lowest BCUT2D eigenvalue weighted by molar-refractivity contribution is 0.891. The van der Waals surface area contributed by atoms with Crippen LogP contribution >= 0.6 is 0 Å². The Morgan fingerprint density at radius 2 is 0.716 bits per heavy atom. The smallest absolute Gasteiger partial charge is 0.182 e. The van der Waals surface area contributed by atoms with E-state index in [1.807, 2.05) is 4.68 Å². The van der Waals surface area contributed by atoms with Gasteiger partial charge in [0.1, 0.15) is 0 Å². The van der Waals surface area contributed by atoms with E-state index >= 15 is 0 Å². The molecule has 0 saturated carbocycles. The van der Waals surface area contributed by atoms with Crippen LogP contribution in [0, 0.1) is 0 Å². The summed E-state index contributed by atoms with van der Waals surface area (Å²) in [7, 11) is 0. The van der Waals surface area contributed by atoms with E-state index in [4.69, 9.17) is 10.1 Å². The summed E-state index contributed by atoms with van der Waals surface area (Å²) < 4.78 is 4.36. The molecule has 346 valence electrons. The Morgan fingerprint density at radius 1 is 0.257 bits per heavy atom. The molecule has 14 aromatic rings. The van der Waals surface area contributed by atoms with Crippen LogP contribution in [0.3, 0.4) is 0 Å². The molecule has 0 aliphatic heterocycles. The zero-order valence-corrected chi connectivity index (χ0v) is 40.3. The molecule has 12 aromatic carbocycles. The third kappa shape index (κ3) is 7.65. The number of benzene rings is 12. The normalized spacial score (nSPS) is 11.5. The van der Waals surface area contributed by atoms with Crippen LogP contribution in [0.25, 0.3) is 133 Å². The van der Waals surface area contributed by atoms with Gasteiger partial charge in [-0.25, -0.2) is 9.67 Å². The standard InChI is InChI=1S/C70H46N4/c1-2-18-59(19-3-1)73-67-25-13-12-24-65(67)66-46-58(40-43-68(66)73)62-21-9-11-23-64(62)63-22-10-8-20-61(63)51-38-41-60(42-39-51)74-70(53-34-28-50(29-35-53)57-37-31-48-15-5-7-17-55(48)45-57)71-69(72-74)52-32-26-49(27-33-52)56-36-30-47-14-4-6-16-54(47)44-56/h1-46H. The fourth-order valence-corrected chi connectivity index (χ4v) is 10.9. The zero-order chi connectivity index (χ0) is 49.0. The predicted molar refractivity (Wildman–Crippen MR) is 309 cm³/mol. The van der Waals surface area contributed by atoms with E-state index in [2.05, 4.69) is 284 Å². The lowest BCUT2D eigenvalue weighted by atomic mass is 9.89. The topological polar surface area (TPSA) is 35.6 Å². The Hall–Kier alpha value is -9.90. The van der Waals surface area contributed by atoms with Crippen molar-refractivity contribution in [3.05, 3.63) is 279 Å². The average Bonchev–Trinajstić information content (AvgIpc) is 4.08. The summed E-state index contributed by atoms with van der Waals surface area (Å²) in [5, 5.41) is 12.6. The van der Waals surface area contributed by atoms with Crippen LogP contribution in [0.4, 0.5) is 0 Å². The summed E-state index contributed by atoms with van der Waals surface area (Å²) >= 11 is 0. The lowest BCUT2D eigenvalue weighted by Crippen LogP contribution is -2.00.